The average molecular weight is 251 g/mol. The number of fused-ring (bicyclic) bond motifs is 1. The van der Waals surface area contributed by atoms with Gasteiger partial charge in [0.25, 0.3) is 0 Å². The lowest BCUT2D eigenvalue weighted by Gasteiger charge is -2.28. The zero-order valence-corrected chi connectivity index (χ0v) is 11.4. The lowest BCUT2D eigenvalue weighted by Crippen LogP contribution is -2.43. The second kappa shape index (κ2) is 5.17. The van der Waals surface area contributed by atoms with Crippen molar-refractivity contribution in [2.24, 2.45) is 11.8 Å². The fraction of sp³-hybridized carbons (Fsp3) is 0.929. The minimum Gasteiger partial charge on any atom is -0.341 e. The van der Waals surface area contributed by atoms with Crippen LogP contribution in [-0.4, -0.2) is 61.0 Å². The number of nitrogens with one attached hydrogen (secondary N) is 1. The van der Waals surface area contributed by atoms with Crippen molar-refractivity contribution in [2.75, 3.05) is 39.3 Å². The van der Waals surface area contributed by atoms with Crippen molar-refractivity contribution >= 4 is 5.91 Å². The molecule has 3 fully saturated rings. The molecule has 0 aromatic heterocycles. The molecule has 0 radical (unpaired) electrons. The monoisotopic (exact) mass is 251 g/mol. The van der Waals surface area contributed by atoms with E-state index in [0.717, 1.165) is 32.6 Å². The molecule has 4 heteroatoms. The molecule has 3 aliphatic rings. The molecule has 1 N–H and O–H groups in total. The van der Waals surface area contributed by atoms with E-state index in [1.165, 1.54) is 25.9 Å². The van der Waals surface area contributed by atoms with Crippen LogP contribution in [0.2, 0.25) is 0 Å². The molecule has 1 amide bonds. The topological polar surface area (TPSA) is 35.6 Å². The zero-order valence-electron chi connectivity index (χ0n) is 11.4. The normalized spacial score (nSPS) is 37.6. The highest BCUT2D eigenvalue weighted by Gasteiger charge is 2.36. The summed E-state index contributed by atoms with van der Waals surface area (Å²) >= 11 is 0. The first-order valence-corrected chi connectivity index (χ1v) is 7.49. The van der Waals surface area contributed by atoms with E-state index in [1.807, 2.05) is 0 Å². The first-order valence-electron chi connectivity index (χ1n) is 7.49. The number of carbonyl (C=O) groups excluding carboxylic acids is 1. The van der Waals surface area contributed by atoms with E-state index in [0.29, 0.717) is 17.9 Å². The van der Waals surface area contributed by atoms with E-state index in [4.69, 9.17) is 0 Å². The molecule has 0 aromatic rings. The summed E-state index contributed by atoms with van der Waals surface area (Å²) in [6.45, 7) is 8.45. The van der Waals surface area contributed by atoms with Gasteiger partial charge in [0, 0.05) is 32.2 Å². The molecule has 3 saturated heterocycles. The van der Waals surface area contributed by atoms with Crippen LogP contribution < -0.4 is 5.32 Å². The minimum atomic E-state index is 0.220. The van der Waals surface area contributed by atoms with Gasteiger partial charge in [0.2, 0.25) is 5.91 Å². The maximum Gasteiger partial charge on any atom is 0.227 e. The van der Waals surface area contributed by atoms with E-state index in [2.05, 4.69) is 22.0 Å². The lowest BCUT2D eigenvalue weighted by molar-refractivity contribution is -0.136. The molecule has 0 spiro atoms. The number of carbonyl (C=O) groups is 1. The van der Waals surface area contributed by atoms with Crippen LogP contribution in [0.25, 0.3) is 0 Å². The summed E-state index contributed by atoms with van der Waals surface area (Å²) in [4.78, 5) is 17.4. The highest BCUT2D eigenvalue weighted by atomic mass is 16.2. The third-order valence-electron chi connectivity index (χ3n) is 4.95. The average Bonchev–Trinajstić information content (AvgIpc) is 2.93. The molecular weight excluding hydrogens is 226 g/mol. The van der Waals surface area contributed by atoms with Crippen molar-refractivity contribution in [3.63, 3.8) is 0 Å². The second-order valence-electron chi connectivity index (χ2n) is 6.21. The Morgan fingerprint density at radius 2 is 2.00 bits per heavy atom. The summed E-state index contributed by atoms with van der Waals surface area (Å²) in [7, 11) is 0. The summed E-state index contributed by atoms with van der Waals surface area (Å²) < 4.78 is 0. The molecule has 0 saturated carbocycles. The van der Waals surface area contributed by atoms with Crippen LogP contribution >= 0.6 is 0 Å². The second-order valence-corrected chi connectivity index (χ2v) is 6.21. The predicted octanol–water partition coefficient (Wildman–Crippen LogP) is 0.539. The Balaban J connectivity index is 1.65. The van der Waals surface area contributed by atoms with Gasteiger partial charge in [0.1, 0.15) is 0 Å². The number of rotatable bonds is 1. The molecule has 0 aromatic carbocycles. The Kier molecular flexibility index (Phi) is 3.57. The van der Waals surface area contributed by atoms with Crippen LogP contribution in [0.5, 0.6) is 0 Å². The van der Waals surface area contributed by atoms with Gasteiger partial charge in [-0.05, 0) is 38.3 Å². The summed E-state index contributed by atoms with van der Waals surface area (Å²) in [5.41, 5.74) is 0. The highest BCUT2D eigenvalue weighted by molar-refractivity contribution is 5.79. The maximum absolute atomic E-state index is 12.6. The minimum absolute atomic E-state index is 0.220. The third kappa shape index (κ3) is 2.28. The molecule has 3 unspecified atom stereocenters. The quantitative estimate of drug-likeness (QED) is 0.739. The van der Waals surface area contributed by atoms with Gasteiger partial charge in [0.05, 0.1) is 5.92 Å². The summed E-state index contributed by atoms with van der Waals surface area (Å²) in [6, 6.07) is 0.640. The predicted molar refractivity (Wildman–Crippen MR) is 71.3 cm³/mol. The van der Waals surface area contributed by atoms with Gasteiger partial charge < -0.3 is 10.2 Å². The standard InChI is InChI=1S/C14H25N3O/c1-11-8-15-9-13(11)14(18)17-7-3-6-16-5-2-4-12(16)10-17/h11-13,15H,2-10H2,1H3. The molecule has 3 rings (SSSR count). The molecule has 18 heavy (non-hydrogen) atoms. The SMILES string of the molecule is CC1CNCC1C(=O)N1CCCN2CCCC2C1. The number of amides is 1. The Morgan fingerprint density at radius 3 is 2.78 bits per heavy atom. The molecule has 3 atom stereocenters. The maximum atomic E-state index is 12.6. The lowest BCUT2D eigenvalue weighted by atomic mass is 9.96. The Morgan fingerprint density at radius 1 is 1.17 bits per heavy atom. The number of nitrogens with zero attached hydrogens (tertiary/aromatic N) is 2. The van der Waals surface area contributed by atoms with E-state index in [1.54, 1.807) is 0 Å². The Labute approximate surface area is 110 Å². The van der Waals surface area contributed by atoms with Gasteiger partial charge in [-0.2, -0.15) is 0 Å². The van der Waals surface area contributed by atoms with Crippen molar-refractivity contribution in [3.8, 4) is 0 Å². The first-order chi connectivity index (χ1) is 8.75. The number of hydrogen-bond donors (Lipinski definition) is 1. The molecule has 0 bridgehead atoms. The Hall–Kier alpha value is -0.610. The fourth-order valence-corrected chi connectivity index (χ4v) is 3.78. The third-order valence-corrected chi connectivity index (χ3v) is 4.95. The van der Waals surface area contributed by atoms with Crippen LogP contribution in [0, 0.1) is 11.8 Å². The molecule has 3 aliphatic heterocycles. The summed E-state index contributed by atoms with van der Waals surface area (Å²) in [6.07, 6.45) is 3.74. The van der Waals surface area contributed by atoms with Crippen LogP contribution in [-0.2, 0) is 4.79 Å². The molecule has 102 valence electrons. The van der Waals surface area contributed by atoms with Crippen molar-refractivity contribution in [1.82, 2.24) is 15.1 Å². The molecule has 4 nitrogen and oxygen atoms in total. The fourth-order valence-electron chi connectivity index (χ4n) is 3.78. The number of hydrogen-bond acceptors (Lipinski definition) is 3. The van der Waals surface area contributed by atoms with E-state index < -0.39 is 0 Å². The molecular formula is C14H25N3O. The molecule has 0 aliphatic carbocycles. The zero-order chi connectivity index (χ0) is 12.5. The van der Waals surface area contributed by atoms with Crippen molar-refractivity contribution in [3.05, 3.63) is 0 Å². The van der Waals surface area contributed by atoms with Crippen LogP contribution in [0.3, 0.4) is 0 Å². The van der Waals surface area contributed by atoms with Gasteiger partial charge in [-0.15, -0.1) is 0 Å². The van der Waals surface area contributed by atoms with E-state index in [9.17, 15) is 4.79 Å². The van der Waals surface area contributed by atoms with Gasteiger partial charge in [-0.25, -0.2) is 0 Å². The largest absolute Gasteiger partial charge is 0.341 e. The Bertz CT molecular complexity index is 320. The van der Waals surface area contributed by atoms with Gasteiger partial charge in [0.15, 0.2) is 0 Å². The van der Waals surface area contributed by atoms with Gasteiger partial charge in [-0.1, -0.05) is 6.92 Å². The van der Waals surface area contributed by atoms with E-state index in [-0.39, 0.29) is 5.92 Å². The van der Waals surface area contributed by atoms with Gasteiger partial charge in [-0.3, -0.25) is 9.69 Å². The van der Waals surface area contributed by atoms with Crippen LogP contribution in [0.1, 0.15) is 26.2 Å². The van der Waals surface area contributed by atoms with Crippen LogP contribution in [0.15, 0.2) is 0 Å². The summed E-state index contributed by atoms with van der Waals surface area (Å²) in [5.74, 6) is 1.12. The van der Waals surface area contributed by atoms with Gasteiger partial charge >= 0.3 is 0 Å². The molecule has 3 heterocycles. The van der Waals surface area contributed by atoms with Crippen LogP contribution in [0.4, 0.5) is 0 Å². The van der Waals surface area contributed by atoms with Crippen molar-refractivity contribution < 1.29 is 4.79 Å². The van der Waals surface area contributed by atoms with Crippen molar-refractivity contribution in [2.45, 2.75) is 32.2 Å². The van der Waals surface area contributed by atoms with E-state index >= 15 is 0 Å². The highest BCUT2D eigenvalue weighted by Crippen LogP contribution is 2.24. The van der Waals surface area contributed by atoms with Crippen molar-refractivity contribution in [1.29, 1.82) is 0 Å². The summed E-state index contributed by atoms with van der Waals surface area (Å²) in [5, 5.41) is 3.35. The first kappa shape index (κ1) is 12.4. The smallest absolute Gasteiger partial charge is 0.227 e.